The van der Waals surface area contributed by atoms with Crippen molar-refractivity contribution in [3.63, 3.8) is 0 Å². The third-order valence-corrected chi connectivity index (χ3v) is 8.16. The van der Waals surface area contributed by atoms with Crippen molar-refractivity contribution in [2.24, 2.45) is 0 Å². The first-order valence-corrected chi connectivity index (χ1v) is 13.1. The zero-order valence-corrected chi connectivity index (χ0v) is 20.2. The molecule has 8 heteroatoms. The Kier molecular flexibility index (Phi) is 6.73. The smallest absolute Gasteiger partial charge is 0.265 e. The SMILES string of the molecule is N#Cc1c(NC(=O)CCN2CC(C(=O)N3CCCCC3)Oc3ccccc32)sc2c1CCCC2. The van der Waals surface area contributed by atoms with Gasteiger partial charge in [-0.2, -0.15) is 5.26 Å². The fourth-order valence-corrected chi connectivity index (χ4v) is 6.42. The molecule has 1 aromatic heterocycles. The predicted octanol–water partition coefficient (Wildman–Crippen LogP) is 4.11. The van der Waals surface area contributed by atoms with Gasteiger partial charge in [-0.05, 0) is 62.6 Å². The summed E-state index contributed by atoms with van der Waals surface area (Å²) in [6.45, 7) is 2.48. The molecule has 3 aliphatic rings. The van der Waals surface area contributed by atoms with Crippen molar-refractivity contribution in [3.05, 3.63) is 40.3 Å². The molecule has 1 atom stereocenters. The summed E-state index contributed by atoms with van der Waals surface area (Å²) in [7, 11) is 0. The molecule has 1 saturated heterocycles. The predicted molar refractivity (Wildman–Crippen MR) is 132 cm³/mol. The number of anilines is 2. The molecule has 3 heterocycles. The van der Waals surface area contributed by atoms with Crippen molar-refractivity contribution >= 4 is 33.8 Å². The topological polar surface area (TPSA) is 85.7 Å². The first kappa shape index (κ1) is 22.7. The van der Waals surface area contributed by atoms with Gasteiger partial charge >= 0.3 is 0 Å². The lowest BCUT2D eigenvalue weighted by molar-refractivity contribution is -0.139. The van der Waals surface area contributed by atoms with Crippen LogP contribution in [0.5, 0.6) is 5.75 Å². The van der Waals surface area contributed by atoms with Crippen LogP contribution in [0.2, 0.25) is 0 Å². The van der Waals surface area contributed by atoms with Gasteiger partial charge in [0.25, 0.3) is 5.91 Å². The number of fused-ring (bicyclic) bond motifs is 2. The maximum Gasteiger partial charge on any atom is 0.265 e. The van der Waals surface area contributed by atoms with Crippen LogP contribution in [0.1, 0.15) is 54.5 Å². The number of benzene rings is 1. The highest BCUT2D eigenvalue weighted by molar-refractivity contribution is 7.16. The van der Waals surface area contributed by atoms with E-state index in [-0.39, 0.29) is 18.2 Å². The van der Waals surface area contributed by atoms with Crippen molar-refractivity contribution in [2.75, 3.05) is 36.4 Å². The van der Waals surface area contributed by atoms with E-state index in [0.717, 1.165) is 62.9 Å². The van der Waals surface area contributed by atoms with Gasteiger partial charge in [-0.25, -0.2) is 0 Å². The van der Waals surface area contributed by atoms with Crippen molar-refractivity contribution in [2.45, 2.75) is 57.5 Å². The van der Waals surface area contributed by atoms with E-state index in [9.17, 15) is 14.9 Å². The molecule has 1 N–H and O–H groups in total. The fraction of sp³-hybridized carbons (Fsp3) is 0.500. The van der Waals surface area contributed by atoms with Crippen molar-refractivity contribution in [3.8, 4) is 11.8 Å². The molecule has 1 fully saturated rings. The lowest BCUT2D eigenvalue weighted by Gasteiger charge is -2.38. The summed E-state index contributed by atoms with van der Waals surface area (Å²) in [4.78, 5) is 31.2. The van der Waals surface area contributed by atoms with Crippen LogP contribution in [0, 0.1) is 11.3 Å². The molecule has 34 heavy (non-hydrogen) atoms. The quantitative estimate of drug-likeness (QED) is 0.699. The Morgan fingerprint density at radius 1 is 1.12 bits per heavy atom. The van der Waals surface area contributed by atoms with E-state index < -0.39 is 6.10 Å². The number of likely N-dealkylation sites (tertiary alicyclic amines) is 1. The summed E-state index contributed by atoms with van der Waals surface area (Å²) in [5.74, 6) is 0.603. The highest BCUT2D eigenvalue weighted by Gasteiger charge is 2.34. The van der Waals surface area contributed by atoms with Crippen molar-refractivity contribution in [1.29, 1.82) is 5.26 Å². The number of hydrogen-bond donors (Lipinski definition) is 1. The van der Waals surface area contributed by atoms with E-state index in [4.69, 9.17) is 4.74 Å². The normalized spacial score (nSPS) is 19.4. The van der Waals surface area contributed by atoms with Crippen molar-refractivity contribution < 1.29 is 14.3 Å². The number of nitriles is 1. The van der Waals surface area contributed by atoms with Gasteiger partial charge in [0.2, 0.25) is 5.91 Å². The zero-order valence-electron chi connectivity index (χ0n) is 19.3. The summed E-state index contributed by atoms with van der Waals surface area (Å²) < 4.78 is 6.09. The lowest BCUT2D eigenvalue weighted by atomic mass is 9.96. The molecule has 2 amide bonds. The minimum absolute atomic E-state index is 0.0338. The first-order valence-electron chi connectivity index (χ1n) is 12.3. The maximum atomic E-state index is 13.1. The summed E-state index contributed by atoms with van der Waals surface area (Å²) in [6.07, 6.45) is 7.09. The van der Waals surface area contributed by atoms with Gasteiger partial charge < -0.3 is 19.9 Å². The van der Waals surface area contributed by atoms with Gasteiger partial charge in [-0.15, -0.1) is 11.3 Å². The number of para-hydroxylation sites is 2. The average molecular weight is 479 g/mol. The van der Waals surface area contributed by atoms with Crippen LogP contribution in [-0.4, -0.2) is 49.0 Å². The van der Waals surface area contributed by atoms with Crippen LogP contribution < -0.4 is 15.0 Å². The lowest BCUT2D eigenvalue weighted by Crippen LogP contribution is -2.51. The molecule has 1 aliphatic carbocycles. The summed E-state index contributed by atoms with van der Waals surface area (Å²) >= 11 is 1.55. The number of rotatable bonds is 5. The number of nitrogens with one attached hydrogen (secondary N) is 1. The molecule has 1 unspecified atom stereocenters. The average Bonchev–Trinajstić information content (AvgIpc) is 3.23. The second-order valence-corrected chi connectivity index (χ2v) is 10.3. The molecule has 0 bridgehead atoms. The van der Waals surface area contributed by atoms with Crippen molar-refractivity contribution in [1.82, 2.24) is 4.90 Å². The molecule has 2 aliphatic heterocycles. The van der Waals surface area contributed by atoms with Gasteiger partial charge in [0.15, 0.2) is 6.10 Å². The molecular formula is C26H30N4O3S. The van der Waals surface area contributed by atoms with E-state index >= 15 is 0 Å². The number of amides is 2. The van der Waals surface area contributed by atoms with Gasteiger partial charge in [0.1, 0.15) is 16.8 Å². The number of carbonyl (C=O) groups is 2. The fourth-order valence-electron chi connectivity index (χ4n) is 5.16. The van der Waals surface area contributed by atoms with Gasteiger partial charge in [-0.1, -0.05) is 12.1 Å². The Bertz CT molecular complexity index is 1120. The number of nitrogens with zero attached hydrogens (tertiary/aromatic N) is 3. The molecule has 2 aromatic rings. The maximum absolute atomic E-state index is 13.1. The van der Waals surface area contributed by atoms with Crippen LogP contribution in [0.25, 0.3) is 0 Å². The van der Waals surface area contributed by atoms with E-state index in [2.05, 4.69) is 16.3 Å². The molecular weight excluding hydrogens is 448 g/mol. The van der Waals surface area contributed by atoms with Crippen LogP contribution in [-0.2, 0) is 22.4 Å². The van der Waals surface area contributed by atoms with Gasteiger partial charge in [0.05, 0.1) is 17.8 Å². The van der Waals surface area contributed by atoms with Crippen LogP contribution in [0.15, 0.2) is 24.3 Å². The Balaban J connectivity index is 1.26. The number of carbonyl (C=O) groups excluding carboxylic acids is 2. The monoisotopic (exact) mass is 478 g/mol. The molecule has 1 aromatic carbocycles. The molecule has 0 radical (unpaired) electrons. The van der Waals surface area contributed by atoms with E-state index in [1.54, 1.807) is 11.3 Å². The third kappa shape index (κ3) is 4.62. The molecule has 7 nitrogen and oxygen atoms in total. The number of aryl methyl sites for hydroxylation is 1. The minimum atomic E-state index is -0.565. The molecule has 5 rings (SSSR count). The van der Waals surface area contributed by atoms with Crippen LogP contribution >= 0.6 is 11.3 Å². The number of thiophene rings is 1. The van der Waals surface area contributed by atoms with Crippen LogP contribution in [0.4, 0.5) is 10.7 Å². The van der Waals surface area contributed by atoms with Gasteiger partial charge in [0, 0.05) is 30.9 Å². The number of ether oxygens (including phenoxy) is 1. The molecule has 178 valence electrons. The highest BCUT2D eigenvalue weighted by atomic mass is 32.1. The number of hydrogen-bond acceptors (Lipinski definition) is 6. The Morgan fingerprint density at radius 3 is 2.74 bits per heavy atom. The first-order chi connectivity index (χ1) is 16.6. The van der Waals surface area contributed by atoms with E-state index in [1.165, 1.54) is 11.3 Å². The largest absolute Gasteiger partial charge is 0.477 e. The summed E-state index contributed by atoms with van der Waals surface area (Å²) in [5, 5.41) is 13.3. The van der Waals surface area contributed by atoms with E-state index in [1.807, 2.05) is 29.2 Å². The third-order valence-electron chi connectivity index (χ3n) is 6.95. The minimum Gasteiger partial charge on any atom is -0.477 e. The number of piperidine rings is 1. The van der Waals surface area contributed by atoms with Gasteiger partial charge in [-0.3, -0.25) is 9.59 Å². The second kappa shape index (κ2) is 10.1. The van der Waals surface area contributed by atoms with Crippen LogP contribution in [0.3, 0.4) is 0 Å². The molecule has 0 saturated carbocycles. The highest BCUT2D eigenvalue weighted by Crippen LogP contribution is 2.38. The second-order valence-electron chi connectivity index (χ2n) is 9.23. The Morgan fingerprint density at radius 2 is 1.91 bits per heavy atom. The Hall–Kier alpha value is -3.05. The Labute approximate surface area is 204 Å². The molecule has 0 spiro atoms. The van der Waals surface area contributed by atoms with E-state index in [0.29, 0.717) is 29.4 Å². The summed E-state index contributed by atoms with van der Waals surface area (Å²) in [5.41, 5.74) is 2.66. The summed E-state index contributed by atoms with van der Waals surface area (Å²) in [6, 6.07) is 10.00. The standard InChI is InChI=1S/C26H30N4O3S/c27-16-19-18-8-2-5-11-23(18)34-25(19)28-24(31)12-15-30-17-22(26(32)29-13-6-1-7-14-29)33-21-10-4-3-9-20(21)30/h3-4,9-10,22H,1-2,5-8,11-15,17H2,(H,28,31). The zero-order chi connectivity index (χ0) is 23.5.